The van der Waals surface area contributed by atoms with Crippen LogP contribution in [0.25, 0.3) is 0 Å². The third-order valence-electron chi connectivity index (χ3n) is 3.66. The summed E-state index contributed by atoms with van der Waals surface area (Å²) in [6.07, 6.45) is 9.53. The van der Waals surface area contributed by atoms with Crippen LogP contribution in [0.4, 0.5) is 0 Å². The number of hydrogen-bond donors (Lipinski definition) is 1. The third kappa shape index (κ3) is 4.13. The standard InChI is InChI=1S/C15H26O/c1-11(2)14-9-8-12(3)6-5-7-13(4)10-15(14)16/h5-7,11-12,14-16H,8-10H2,1-4H3/b6-5-,13-7+/t12-,14-,15?/m0/s1. The van der Waals surface area contributed by atoms with Gasteiger partial charge in [-0.3, -0.25) is 0 Å². The van der Waals surface area contributed by atoms with Crippen molar-refractivity contribution in [3.05, 3.63) is 23.8 Å². The minimum Gasteiger partial charge on any atom is -0.392 e. The molecule has 1 heteroatoms. The fourth-order valence-electron chi connectivity index (χ4n) is 2.48. The monoisotopic (exact) mass is 222 g/mol. The molecule has 0 aromatic heterocycles. The van der Waals surface area contributed by atoms with Crippen molar-refractivity contribution in [1.82, 2.24) is 0 Å². The molecular formula is C15H26O. The van der Waals surface area contributed by atoms with Crippen LogP contribution in [0.2, 0.25) is 0 Å². The maximum absolute atomic E-state index is 10.3. The molecule has 92 valence electrons. The summed E-state index contributed by atoms with van der Waals surface area (Å²) in [5.74, 6) is 1.63. The van der Waals surface area contributed by atoms with Crippen LogP contribution >= 0.6 is 0 Å². The lowest BCUT2D eigenvalue weighted by atomic mass is 9.81. The molecule has 0 saturated carbocycles. The third-order valence-corrected chi connectivity index (χ3v) is 3.66. The summed E-state index contributed by atoms with van der Waals surface area (Å²) in [6.45, 7) is 8.81. The highest BCUT2D eigenvalue weighted by Gasteiger charge is 2.23. The quantitative estimate of drug-likeness (QED) is 0.712. The summed E-state index contributed by atoms with van der Waals surface area (Å²) in [7, 11) is 0. The first-order chi connectivity index (χ1) is 7.50. The minimum atomic E-state index is -0.171. The van der Waals surface area contributed by atoms with Crippen LogP contribution in [-0.4, -0.2) is 11.2 Å². The molecule has 0 fully saturated rings. The molecule has 1 unspecified atom stereocenters. The zero-order chi connectivity index (χ0) is 12.1. The van der Waals surface area contributed by atoms with Crippen LogP contribution in [0.5, 0.6) is 0 Å². The zero-order valence-corrected chi connectivity index (χ0v) is 11.1. The van der Waals surface area contributed by atoms with E-state index in [0.29, 0.717) is 17.8 Å². The summed E-state index contributed by atoms with van der Waals surface area (Å²) >= 11 is 0. The number of rotatable bonds is 1. The molecule has 3 atom stereocenters. The van der Waals surface area contributed by atoms with Crippen molar-refractivity contribution in [2.75, 3.05) is 0 Å². The van der Waals surface area contributed by atoms with Gasteiger partial charge in [0.25, 0.3) is 0 Å². The Bertz CT molecular complexity index is 263. The van der Waals surface area contributed by atoms with Crippen LogP contribution in [0.3, 0.4) is 0 Å². The average molecular weight is 222 g/mol. The van der Waals surface area contributed by atoms with Crippen LogP contribution in [0.15, 0.2) is 23.8 Å². The smallest absolute Gasteiger partial charge is 0.0607 e. The molecule has 0 aromatic carbocycles. The minimum absolute atomic E-state index is 0.171. The zero-order valence-electron chi connectivity index (χ0n) is 11.1. The van der Waals surface area contributed by atoms with E-state index in [1.54, 1.807) is 0 Å². The van der Waals surface area contributed by atoms with Gasteiger partial charge in [-0.1, -0.05) is 44.6 Å². The molecule has 0 bridgehead atoms. The maximum Gasteiger partial charge on any atom is 0.0607 e. The molecule has 1 nitrogen and oxygen atoms in total. The Morgan fingerprint density at radius 2 is 2.00 bits per heavy atom. The Kier molecular flexibility index (Phi) is 5.27. The maximum atomic E-state index is 10.3. The van der Waals surface area contributed by atoms with E-state index in [1.165, 1.54) is 12.0 Å². The molecule has 0 aromatic rings. The SMILES string of the molecule is C/C1=C\C=C/[C@H](C)CC[C@@H](C(C)C)C(O)C1. The normalized spacial score (nSPS) is 37.9. The number of allylic oxidation sites excluding steroid dienone is 3. The fraction of sp³-hybridized carbons (Fsp3) is 0.733. The molecule has 1 N–H and O–H groups in total. The number of aliphatic hydroxyl groups is 1. The topological polar surface area (TPSA) is 20.2 Å². The van der Waals surface area contributed by atoms with E-state index in [2.05, 4.69) is 45.9 Å². The first-order valence-corrected chi connectivity index (χ1v) is 6.52. The van der Waals surface area contributed by atoms with Crippen LogP contribution < -0.4 is 0 Å². The first kappa shape index (κ1) is 13.5. The van der Waals surface area contributed by atoms with Crippen molar-refractivity contribution in [2.24, 2.45) is 17.8 Å². The fourth-order valence-corrected chi connectivity index (χ4v) is 2.48. The molecule has 0 spiro atoms. The van der Waals surface area contributed by atoms with Crippen molar-refractivity contribution in [1.29, 1.82) is 0 Å². The highest BCUT2D eigenvalue weighted by atomic mass is 16.3. The molecule has 1 rings (SSSR count). The largest absolute Gasteiger partial charge is 0.392 e. The van der Waals surface area contributed by atoms with Gasteiger partial charge in [0, 0.05) is 0 Å². The lowest BCUT2D eigenvalue weighted by Crippen LogP contribution is -2.26. The number of hydrogen-bond acceptors (Lipinski definition) is 1. The molecule has 0 aliphatic heterocycles. The molecule has 0 radical (unpaired) electrons. The van der Waals surface area contributed by atoms with Gasteiger partial charge in [0.1, 0.15) is 0 Å². The molecule has 16 heavy (non-hydrogen) atoms. The molecular weight excluding hydrogens is 196 g/mol. The Morgan fingerprint density at radius 1 is 1.31 bits per heavy atom. The van der Waals surface area contributed by atoms with Crippen molar-refractivity contribution >= 4 is 0 Å². The average Bonchev–Trinajstić information content (AvgIpc) is 2.16. The van der Waals surface area contributed by atoms with Crippen molar-refractivity contribution in [2.45, 2.75) is 53.1 Å². The molecule has 1 aliphatic carbocycles. The summed E-state index contributed by atoms with van der Waals surface area (Å²) in [5, 5.41) is 10.3. The summed E-state index contributed by atoms with van der Waals surface area (Å²) < 4.78 is 0. The Hall–Kier alpha value is -0.560. The summed E-state index contributed by atoms with van der Waals surface area (Å²) in [4.78, 5) is 0. The first-order valence-electron chi connectivity index (χ1n) is 6.52. The van der Waals surface area contributed by atoms with Gasteiger partial charge in [0.05, 0.1) is 6.10 Å². The van der Waals surface area contributed by atoms with E-state index in [4.69, 9.17) is 0 Å². The van der Waals surface area contributed by atoms with E-state index >= 15 is 0 Å². The second-order valence-electron chi connectivity index (χ2n) is 5.63. The van der Waals surface area contributed by atoms with Gasteiger partial charge in [0.2, 0.25) is 0 Å². The van der Waals surface area contributed by atoms with Gasteiger partial charge in [-0.25, -0.2) is 0 Å². The van der Waals surface area contributed by atoms with Crippen molar-refractivity contribution in [3.8, 4) is 0 Å². The molecule has 0 heterocycles. The Balaban J connectivity index is 2.78. The van der Waals surface area contributed by atoms with Gasteiger partial charge in [-0.2, -0.15) is 0 Å². The highest BCUT2D eigenvalue weighted by Crippen LogP contribution is 2.28. The van der Waals surface area contributed by atoms with E-state index in [9.17, 15) is 5.11 Å². The van der Waals surface area contributed by atoms with Crippen LogP contribution in [-0.2, 0) is 0 Å². The van der Waals surface area contributed by atoms with E-state index in [0.717, 1.165) is 12.8 Å². The highest BCUT2D eigenvalue weighted by molar-refractivity contribution is 5.12. The van der Waals surface area contributed by atoms with Crippen LogP contribution in [0, 0.1) is 17.8 Å². The molecule has 0 amide bonds. The molecule has 0 saturated heterocycles. The summed E-state index contributed by atoms with van der Waals surface area (Å²) in [5.41, 5.74) is 1.28. The second-order valence-corrected chi connectivity index (χ2v) is 5.63. The lowest BCUT2D eigenvalue weighted by molar-refractivity contribution is 0.0732. The van der Waals surface area contributed by atoms with Crippen LogP contribution in [0.1, 0.15) is 47.0 Å². The molecule has 1 aliphatic rings. The number of aliphatic hydroxyl groups excluding tert-OH is 1. The van der Waals surface area contributed by atoms with Crippen molar-refractivity contribution in [3.63, 3.8) is 0 Å². The predicted molar refractivity (Wildman–Crippen MR) is 70.2 cm³/mol. The Morgan fingerprint density at radius 3 is 2.62 bits per heavy atom. The van der Waals surface area contributed by atoms with Gasteiger partial charge >= 0.3 is 0 Å². The predicted octanol–water partition coefficient (Wildman–Crippen LogP) is 3.94. The second kappa shape index (κ2) is 6.24. The van der Waals surface area contributed by atoms with E-state index < -0.39 is 0 Å². The lowest BCUT2D eigenvalue weighted by Gasteiger charge is -2.28. The van der Waals surface area contributed by atoms with Crippen molar-refractivity contribution < 1.29 is 5.11 Å². The van der Waals surface area contributed by atoms with E-state index in [-0.39, 0.29) is 6.10 Å². The summed E-state index contributed by atoms with van der Waals surface area (Å²) in [6, 6.07) is 0. The Labute approximate surface area is 100 Å². The van der Waals surface area contributed by atoms with E-state index in [1.807, 2.05) is 0 Å². The van der Waals surface area contributed by atoms with Gasteiger partial charge in [-0.05, 0) is 43.9 Å². The van der Waals surface area contributed by atoms with Gasteiger partial charge in [-0.15, -0.1) is 0 Å². The van der Waals surface area contributed by atoms with Gasteiger partial charge < -0.3 is 5.11 Å². The van der Waals surface area contributed by atoms with Gasteiger partial charge in [0.15, 0.2) is 0 Å².